The van der Waals surface area contributed by atoms with E-state index in [9.17, 15) is 28.8 Å². The highest BCUT2D eigenvalue weighted by molar-refractivity contribution is 6.74. The maximum Gasteiger partial charge on any atom is 0.343 e. The largest absolute Gasteiger partial charge is 0.478 e. The number of benzene rings is 4. The molecule has 0 saturated carbocycles. The van der Waals surface area contributed by atoms with Crippen molar-refractivity contribution in [1.29, 1.82) is 0 Å². The van der Waals surface area contributed by atoms with Gasteiger partial charge >= 0.3 is 29.8 Å². The summed E-state index contributed by atoms with van der Waals surface area (Å²) in [7, 11) is -4.37. The summed E-state index contributed by atoms with van der Waals surface area (Å²) in [4.78, 5) is 79.0. The highest BCUT2D eigenvalue weighted by atomic mass is 28.4. The molecule has 1 N–H and O–H groups in total. The lowest BCUT2D eigenvalue weighted by Gasteiger charge is -2.41. The van der Waals surface area contributed by atoms with Crippen molar-refractivity contribution >= 4 is 52.4 Å². The van der Waals surface area contributed by atoms with Gasteiger partial charge in [-0.3, -0.25) is 4.79 Å². The molecule has 0 aliphatic carbocycles. The van der Waals surface area contributed by atoms with Crippen LogP contribution in [-0.2, 0) is 40.8 Å². The van der Waals surface area contributed by atoms with E-state index in [0.29, 0.717) is 47.9 Å². The third-order valence-electron chi connectivity index (χ3n) is 15.9. The number of carbonyl (C=O) groups is 6. The number of esters is 4. The van der Waals surface area contributed by atoms with Crippen LogP contribution in [0, 0.1) is 11.8 Å². The number of allylic oxidation sites excluding steroid dienone is 4. The fourth-order valence-corrected chi connectivity index (χ4v) is 11.8. The van der Waals surface area contributed by atoms with Gasteiger partial charge in [0.1, 0.15) is 34.8 Å². The van der Waals surface area contributed by atoms with Crippen molar-refractivity contribution in [3.8, 4) is 11.5 Å². The highest BCUT2D eigenvalue weighted by Crippen LogP contribution is 2.41. The second kappa shape index (κ2) is 30.9. The minimum absolute atomic E-state index is 0.0158. The quantitative estimate of drug-likeness (QED) is 0.0181. The molecule has 2 aliphatic heterocycles. The molecule has 0 saturated heterocycles. The number of nitrogens with zero attached hydrogens (tertiary/aromatic N) is 3. The van der Waals surface area contributed by atoms with Gasteiger partial charge in [0.05, 0.1) is 23.3 Å². The molecule has 6 rings (SSSR count). The Morgan fingerprint density at radius 2 is 1.00 bits per heavy atom. The number of aliphatic carboxylic acids is 1. The summed E-state index contributed by atoms with van der Waals surface area (Å²) in [6, 6.07) is 27.4. The summed E-state index contributed by atoms with van der Waals surface area (Å²) in [6.45, 7) is 26.1. The Morgan fingerprint density at radius 3 is 1.37 bits per heavy atom. The number of carbonyl (C=O) groups excluding carboxylic acids is 5. The van der Waals surface area contributed by atoms with E-state index in [1.54, 1.807) is 84.9 Å². The topological polar surface area (TPSA) is 227 Å². The van der Waals surface area contributed by atoms with Crippen LogP contribution in [0.4, 0.5) is 0 Å². The first-order chi connectivity index (χ1) is 39.6. The standard InChI is InChI=1S/C33H41N3O6Si.C33H42O7Si/c1-23-14-10-11-15-24-18-12-20-27(41-31(38)25-16-8-7-9-17-25)30(24)32(39)40-26(19-13-21-29(37)35-36-34)22-28(23)42-43(5,6)33(2,3)4;1-23-14-10-11-15-24-18-12-20-27(39-31(36)25-16-8-7-9-17-25)30(24)32(37)38-26(19-13-21-29(34)35)22-28(23)40-41(5,6)33(2,3)4/h7-13,16-18,20-21,23,26,28H,14-15,19,22H2,1-6H3;7-13,16-18,20-21,23,26,28H,14-15,19,22H2,1-6H3,(H,34,35)/b2*11-10+,21-13+/t2*23-,26?,28+/m00/s1. The van der Waals surface area contributed by atoms with Crippen molar-refractivity contribution < 1.29 is 61.7 Å². The first kappa shape index (κ1) is 67.3. The molecule has 16 nitrogen and oxygen atoms in total. The van der Waals surface area contributed by atoms with Gasteiger partial charge < -0.3 is 32.9 Å². The molecule has 18 heteroatoms. The molecule has 0 bridgehead atoms. The van der Waals surface area contributed by atoms with Gasteiger partial charge in [-0.25, -0.2) is 24.0 Å². The first-order valence-electron chi connectivity index (χ1n) is 28.6. The number of ether oxygens (including phenoxy) is 4. The monoisotopic (exact) mass is 1180 g/mol. The lowest BCUT2D eigenvalue weighted by molar-refractivity contribution is -0.131. The van der Waals surface area contributed by atoms with Crippen molar-refractivity contribution in [3.63, 3.8) is 0 Å². The zero-order valence-electron chi connectivity index (χ0n) is 50.7. The highest BCUT2D eigenvalue weighted by Gasteiger charge is 2.43. The van der Waals surface area contributed by atoms with Gasteiger partial charge in [0.25, 0.3) is 0 Å². The molecule has 4 aromatic rings. The summed E-state index contributed by atoms with van der Waals surface area (Å²) in [5.41, 5.74) is 11.0. The van der Waals surface area contributed by atoms with E-state index in [1.807, 2.05) is 24.3 Å². The number of carboxylic acids is 1. The molecule has 2 unspecified atom stereocenters. The number of hydrogen-bond acceptors (Lipinski definition) is 12. The summed E-state index contributed by atoms with van der Waals surface area (Å²) in [5, 5.41) is 12.2. The molecule has 448 valence electrons. The van der Waals surface area contributed by atoms with Crippen molar-refractivity contribution in [2.24, 2.45) is 17.0 Å². The smallest absolute Gasteiger partial charge is 0.343 e. The van der Waals surface area contributed by atoms with Gasteiger partial charge in [-0.1, -0.05) is 153 Å². The third kappa shape index (κ3) is 20.1. The second-order valence-electron chi connectivity index (χ2n) is 24.4. The molecular formula is C66H83N3O13Si2. The van der Waals surface area contributed by atoms with Crippen LogP contribution in [0.5, 0.6) is 11.5 Å². The van der Waals surface area contributed by atoms with Crippen LogP contribution >= 0.6 is 0 Å². The molecule has 1 amide bonds. The summed E-state index contributed by atoms with van der Waals surface area (Å²) in [5.74, 6) is -3.75. The van der Waals surface area contributed by atoms with E-state index in [1.165, 1.54) is 18.2 Å². The van der Waals surface area contributed by atoms with E-state index < -0.39 is 64.6 Å². The molecular weight excluding hydrogens is 1100 g/mol. The third-order valence-corrected chi connectivity index (χ3v) is 24.9. The molecule has 0 spiro atoms. The SMILES string of the molecule is C[C@H]1C/C=C/Cc2cccc(OC(=O)c3ccccc3)c2C(=O)OC(C/C=C/C(=O)N=[N+]=[N-])C[C@H]1O[Si](C)(C)C(C)(C)C.C[C@H]1C/C=C/Cc2cccc(OC(=O)c3ccccc3)c2C(=O)OC(C/C=C/C(=O)O)C[C@H]1O[Si](C)(C)C(C)(C)C. The maximum atomic E-state index is 13.9. The van der Waals surface area contributed by atoms with Gasteiger partial charge in [-0.2, -0.15) is 0 Å². The number of hydrogen-bond donors (Lipinski definition) is 1. The van der Waals surface area contributed by atoms with Gasteiger partial charge in [-0.05, 0) is 138 Å². The number of azide groups is 1. The Morgan fingerprint density at radius 1 is 0.607 bits per heavy atom. The van der Waals surface area contributed by atoms with Crippen LogP contribution in [0.2, 0.25) is 36.3 Å². The average Bonchev–Trinajstić information content (AvgIpc) is 2.79. The van der Waals surface area contributed by atoms with Crippen LogP contribution in [-0.4, -0.2) is 81.9 Å². The predicted molar refractivity (Wildman–Crippen MR) is 330 cm³/mol. The van der Waals surface area contributed by atoms with Gasteiger partial charge in [-0.15, -0.1) is 0 Å². The van der Waals surface area contributed by atoms with Crippen molar-refractivity contribution in [1.82, 2.24) is 0 Å². The van der Waals surface area contributed by atoms with Crippen LogP contribution in [0.25, 0.3) is 10.4 Å². The Labute approximate surface area is 497 Å². The van der Waals surface area contributed by atoms with Crippen LogP contribution in [0.3, 0.4) is 0 Å². The van der Waals surface area contributed by atoms with E-state index in [0.717, 1.165) is 18.9 Å². The second-order valence-corrected chi connectivity index (χ2v) is 33.9. The number of cyclic esters (lactones) is 2. The van der Waals surface area contributed by atoms with Gasteiger partial charge in [0.15, 0.2) is 16.6 Å². The molecule has 0 radical (unpaired) electrons. The summed E-state index contributed by atoms with van der Waals surface area (Å²) >= 11 is 0. The van der Waals surface area contributed by atoms with Gasteiger partial charge in [0, 0.05) is 36.7 Å². The number of rotatable bonds is 14. The molecule has 2 heterocycles. The molecule has 6 atom stereocenters. The van der Waals surface area contributed by atoms with E-state index in [4.69, 9.17) is 38.4 Å². The summed E-state index contributed by atoms with van der Waals surface area (Å²) < 4.78 is 37.3. The number of fused-ring (bicyclic) bond motifs is 2. The minimum Gasteiger partial charge on any atom is -0.478 e. The van der Waals surface area contributed by atoms with E-state index >= 15 is 0 Å². The van der Waals surface area contributed by atoms with Gasteiger partial charge in [0.2, 0.25) is 5.91 Å². The van der Waals surface area contributed by atoms with Crippen LogP contribution < -0.4 is 9.47 Å². The average molecular weight is 1180 g/mol. The molecule has 0 fully saturated rings. The zero-order chi connectivity index (χ0) is 61.8. The molecule has 0 aromatic heterocycles. The fourth-order valence-electron chi connectivity index (χ4n) is 8.88. The van der Waals surface area contributed by atoms with E-state index in [2.05, 4.69) is 104 Å². The van der Waals surface area contributed by atoms with Crippen LogP contribution in [0.1, 0.15) is 146 Å². The zero-order valence-corrected chi connectivity index (χ0v) is 52.7. The molecule has 84 heavy (non-hydrogen) atoms. The first-order valence-corrected chi connectivity index (χ1v) is 34.4. The Bertz CT molecular complexity index is 3100. The van der Waals surface area contributed by atoms with Crippen LogP contribution in [0.15, 0.2) is 151 Å². The van der Waals surface area contributed by atoms with Crippen molar-refractivity contribution in [2.75, 3.05) is 0 Å². The maximum absolute atomic E-state index is 13.9. The molecule has 2 aliphatic rings. The Hall–Kier alpha value is -7.48. The lowest BCUT2D eigenvalue weighted by atomic mass is 9.93. The normalized spacial score (nSPS) is 20.9. The van der Waals surface area contributed by atoms with E-state index in [-0.39, 0.29) is 69.6 Å². The Kier molecular flexibility index (Phi) is 24.8. The number of carboxylic acid groups (broad SMARTS) is 1. The fraction of sp³-hybridized carbons (Fsp3) is 0.424. The summed E-state index contributed by atoms with van der Waals surface area (Å²) in [6.07, 6.45) is 15.3. The lowest BCUT2D eigenvalue weighted by Crippen LogP contribution is -2.46. The molecule has 4 aromatic carbocycles. The number of amides is 1. The predicted octanol–water partition coefficient (Wildman–Crippen LogP) is 15.5. The minimum atomic E-state index is -2.20. The van der Waals surface area contributed by atoms with Crippen molar-refractivity contribution in [3.05, 3.63) is 189 Å². The Balaban J connectivity index is 0.000000308. The van der Waals surface area contributed by atoms with Crippen molar-refractivity contribution in [2.45, 2.75) is 167 Å².